The zero-order valence-corrected chi connectivity index (χ0v) is 17.8. The van der Waals surface area contributed by atoms with Gasteiger partial charge in [-0.3, -0.25) is 0 Å². The lowest BCUT2D eigenvalue weighted by Gasteiger charge is -2.11. The Hall–Kier alpha value is -3.37. The molecule has 3 aromatic rings. The Balaban J connectivity index is 1.69. The van der Waals surface area contributed by atoms with Crippen molar-refractivity contribution in [2.24, 2.45) is 0 Å². The molecule has 0 radical (unpaired) electrons. The van der Waals surface area contributed by atoms with Crippen molar-refractivity contribution in [2.75, 3.05) is 6.61 Å². The SMILES string of the molecule is C=CCCCCOC(=O)c1ccc(-c2ccccc2OC(=O)c2ccc(Cl)cc2)cc1. The second kappa shape index (κ2) is 11.1. The van der Waals surface area contributed by atoms with Crippen LogP contribution in [0.4, 0.5) is 0 Å². The van der Waals surface area contributed by atoms with Crippen molar-refractivity contribution in [1.29, 1.82) is 0 Å². The summed E-state index contributed by atoms with van der Waals surface area (Å²) in [6.45, 7) is 4.06. The second-order valence-corrected chi connectivity index (χ2v) is 7.33. The largest absolute Gasteiger partial charge is 0.462 e. The molecular weight excluding hydrogens is 412 g/mol. The highest BCUT2D eigenvalue weighted by atomic mass is 35.5. The van der Waals surface area contributed by atoms with Crippen molar-refractivity contribution in [3.05, 3.63) is 102 Å². The van der Waals surface area contributed by atoms with Gasteiger partial charge in [-0.1, -0.05) is 48.0 Å². The first kappa shape index (κ1) is 22.3. The van der Waals surface area contributed by atoms with Gasteiger partial charge in [-0.15, -0.1) is 6.58 Å². The average molecular weight is 435 g/mol. The van der Waals surface area contributed by atoms with Gasteiger partial charge in [-0.2, -0.15) is 0 Å². The van der Waals surface area contributed by atoms with Crippen molar-refractivity contribution in [2.45, 2.75) is 19.3 Å². The van der Waals surface area contributed by atoms with Gasteiger partial charge in [-0.25, -0.2) is 9.59 Å². The molecule has 0 amide bonds. The first-order valence-corrected chi connectivity index (χ1v) is 10.4. The molecule has 4 nitrogen and oxygen atoms in total. The molecule has 0 aliphatic carbocycles. The lowest BCUT2D eigenvalue weighted by atomic mass is 10.0. The van der Waals surface area contributed by atoms with Gasteiger partial charge in [0.2, 0.25) is 0 Å². The highest BCUT2D eigenvalue weighted by Crippen LogP contribution is 2.30. The van der Waals surface area contributed by atoms with E-state index in [1.165, 1.54) is 0 Å². The number of allylic oxidation sites excluding steroid dienone is 1. The minimum absolute atomic E-state index is 0.354. The molecule has 0 atom stereocenters. The van der Waals surface area contributed by atoms with E-state index in [0.29, 0.717) is 28.5 Å². The highest BCUT2D eigenvalue weighted by Gasteiger charge is 2.14. The number of carbonyl (C=O) groups is 2. The molecular formula is C26H23ClO4. The van der Waals surface area contributed by atoms with E-state index in [9.17, 15) is 9.59 Å². The maximum absolute atomic E-state index is 12.5. The Kier molecular flexibility index (Phi) is 8.02. The average Bonchev–Trinajstić information content (AvgIpc) is 2.80. The Morgan fingerprint density at radius 2 is 1.48 bits per heavy atom. The molecule has 0 saturated heterocycles. The van der Waals surface area contributed by atoms with Crippen LogP contribution in [0.5, 0.6) is 5.75 Å². The molecule has 0 aliphatic rings. The number of hydrogen-bond acceptors (Lipinski definition) is 4. The number of unbranched alkanes of at least 4 members (excludes halogenated alkanes) is 2. The van der Waals surface area contributed by atoms with Crippen LogP contribution >= 0.6 is 11.6 Å². The molecule has 0 bridgehead atoms. The quantitative estimate of drug-likeness (QED) is 0.162. The molecule has 0 spiro atoms. The smallest absolute Gasteiger partial charge is 0.343 e. The number of benzene rings is 3. The molecule has 0 fully saturated rings. The normalized spacial score (nSPS) is 10.4. The number of para-hydroxylation sites is 1. The number of carbonyl (C=O) groups excluding carboxylic acids is 2. The van der Waals surface area contributed by atoms with E-state index in [2.05, 4.69) is 6.58 Å². The summed E-state index contributed by atoms with van der Waals surface area (Å²) in [5, 5.41) is 0.548. The maximum Gasteiger partial charge on any atom is 0.343 e. The van der Waals surface area contributed by atoms with Crippen molar-refractivity contribution in [3.8, 4) is 16.9 Å². The fourth-order valence-electron chi connectivity index (χ4n) is 2.96. The van der Waals surface area contributed by atoms with Crippen LogP contribution in [0.25, 0.3) is 11.1 Å². The lowest BCUT2D eigenvalue weighted by Crippen LogP contribution is -2.09. The predicted molar refractivity (Wildman–Crippen MR) is 123 cm³/mol. The number of halogens is 1. The number of hydrogen-bond donors (Lipinski definition) is 0. The van der Waals surface area contributed by atoms with E-state index in [1.807, 2.05) is 30.3 Å². The van der Waals surface area contributed by atoms with Gasteiger partial charge >= 0.3 is 11.9 Å². The molecule has 0 saturated carbocycles. The van der Waals surface area contributed by atoms with Gasteiger partial charge in [-0.05, 0) is 67.3 Å². The standard InChI is InChI=1S/C26H23ClO4/c1-2-3-4-7-18-30-25(28)20-12-10-19(11-13-20)23-8-5-6-9-24(23)31-26(29)21-14-16-22(27)17-15-21/h2,5-6,8-17H,1,3-4,7,18H2. The molecule has 0 aromatic heterocycles. The Labute approximate surface area is 187 Å². The third-order valence-corrected chi connectivity index (χ3v) is 4.89. The van der Waals surface area contributed by atoms with Crippen LogP contribution in [-0.4, -0.2) is 18.5 Å². The molecule has 31 heavy (non-hydrogen) atoms. The van der Waals surface area contributed by atoms with Gasteiger partial charge in [0.15, 0.2) is 0 Å². The zero-order chi connectivity index (χ0) is 22.1. The van der Waals surface area contributed by atoms with Crippen LogP contribution in [0, 0.1) is 0 Å². The molecule has 0 aliphatic heterocycles. The summed E-state index contributed by atoms with van der Waals surface area (Å²) in [7, 11) is 0. The Bertz CT molecular complexity index is 1040. The maximum atomic E-state index is 12.5. The fraction of sp³-hybridized carbons (Fsp3) is 0.154. The van der Waals surface area contributed by atoms with Crippen LogP contribution in [0.1, 0.15) is 40.0 Å². The van der Waals surface area contributed by atoms with Gasteiger partial charge in [0.25, 0.3) is 0 Å². The van der Waals surface area contributed by atoms with E-state index in [1.54, 1.807) is 48.5 Å². The number of esters is 2. The molecule has 158 valence electrons. The van der Waals surface area contributed by atoms with Crippen LogP contribution in [0.15, 0.2) is 85.5 Å². The predicted octanol–water partition coefficient (Wildman–Crippen LogP) is 6.74. The molecule has 3 rings (SSSR count). The third-order valence-electron chi connectivity index (χ3n) is 4.64. The van der Waals surface area contributed by atoms with E-state index in [-0.39, 0.29) is 5.97 Å². The summed E-state index contributed by atoms with van der Waals surface area (Å²) in [6, 6.07) is 20.8. The monoisotopic (exact) mass is 434 g/mol. The Morgan fingerprint density at radius 1 is 0.839 bits per heavy atom. The fourth-order valence-corrected chi connectivity index (χ4v) is 3.09. The van der Waals surface area contributed by atoms with Gasteiger partial charge in [0.1, 0.15) is 5.75 Å². The zero-order valence-electron chi connectivity index (χ0n) is 17.1. The summed E-state index contributed by atoms with van der Waals surface area (Å²) in [5.41, 5.74) is 2.45. The molecule has 3 aromatic carbocycles. The minimum atomic E-state index is -0.472. The van der Waals surface area contributed by atoms with Crippen molar-refractivity contribution >= 4 is 23.5 Å². The third kappa shape index (κ3) is 6.30. The van der Waals surface area contributed by atoms with Crippen molar-refractivity contribution < 1.29 is 19.1 Å². The topological polar surface area (TPSA) is 52.6 Å². The van der Waals surface area contributed by atoms with E-state index in [4.69, 9.17) is 21.1 Å². The number of ether oxygens (including phenoxy) is 2. The summed E-state index contributed by atoms with van der Waals surface area (Å²) in [5.74, 6) is -0.395. The number of rotatable bonds is 9. The van der Waals surface area contributed by atoms with E-state index < -0.39 is 5.97 Å². The second-order valence-electron chi connectivity index (χ2n) is 6.89. The van der Waals surface area contributed by atoms with Crippen LogP contribution in [0.3, 0.4) is 0 Å². The lowest BCUT2D eigenvalue weighted by molar-refractivity contribution is 0.0498. The summed E-state index contributed by atoms with van der Waals surface area (Å²) < 4.78 is 10.9. The van der Waals surface area contributed by atoms with Crippen LogP contribution in [-0.2, 0) is 4.74 Å². The highest BCUT2D eigenvalue weighted by molar-refractivity contribution is 6.30. The first-order chi connectivity index (χ1) is 15.1. The molecule has 0 unspecified atom stereocenters. The Morgan fingerprint density at radius 3 is 2.19 bits per heavy atom. The van der Waals surface area contributed by atoms with Crippen molar-refractivity contribution in [3.63, 3.8) is 0 Å². The molecule has 5 heteroatoms. The van der Waals surface area contributed by atoms with Crippen LogP contribution < -0.4 is 4.74 Å². The van der Waals surface area contributed by atoms with Crippen LogP contribution in [0.2, 0.25) is 5.02 Å². The summed E-state index contributed by atoms with van der Waals surface area (Å²) in [6.07, 6.45) is 4.52. The van der Waals surface area contributed by atoms with Gasteiger partial charge < -0.3 is 9.47 Å². The van der Waals surface area contributed by atoms with Gasteiger partial charge in [0.05, 0.1) is 17.7 Å². The van der Waals surface area contributed by atoms with E-state index >= 15 is 0 Å². The minimum Gasteiger partial charge on any atom is -0.462 e. The van der Waals surface area contributed by atoms with Gasteiger partial charge in [0, 0.05) is 10.6 Å². The summed E-state index contributed by atoms with van der Waals surface area (Å²) >= 11 is 5.88. The molecule has 0 heterocycles. The summed E-state index contributed by atoms with van der Waals surface area (Å²) in [4.78, 5) is 24.7. The van der Waals surface area contributed by atoms with E-state index in [0.717, 1.165) is 30.4 Å². The van der Waals surface area contributed by atoms with Crippen molar-refractivity contribution in [1.82, 2.24) is 0 Å². The first-order valence-electron chi connectivity index (χ1n) is 10.0. The molecule has 0 N–H and O–H groups in total.